The molecule has 6 nitrogen and oxygen atoms in total. The average molecular weight is 449 g/mol. The summed E-state index contributed by atoms with van der Waals surface area (Å²) in [4.78, 5) is 20.0. The van der Waals surface area contributed by atoms with Crippen molar-refractivity contribution >= 4 is 32.6 Å². The first-order chi connectivity index (χ1) is 15.5. The van der Waals surface area contributed by atoms with Gasteiger partial charge in [0.25, 0.3) is 0 Å². The highest BCUT2D eigenvalue weighted by Gasteiger charge is 2.21. The molecule has 2 heterocycles. The van der Waals surface area contributed by atoms with Gasteiger partial charge in [0.05, 0.1) is 23.5 Å². The molecule has 0 radical (unpaired) electrons. The molecule has 0 aliphatic heterocycles. The quantitative estimate of drug-likeness (QED) is 0.354. The van der Waals surface area contributed by atoms with Crippen LogP contribution in [0.3, 0.4) is 0 Å². The Morgan fingerprint density at radius 2 is 1.94 bits per heavy atom. The average Bonchev–Trinajstić information content (AvgIpc) is 3.36. The first-order valence-electron chi connectivity index (χ1n) is 10.9. The molecule has 0 aliphatic rings. The van der Waals surface area contributed by atoms with Gasteiger partial charge in [0.2, 0.25) is 5.91 Å². The van der Waals surface area contributed by atoms with E-state index in [2.05, 4.69) is 17.2 Å². The third-order valence-corrected chi connectivity index (χ3v) is 6.36. The molecule has 7 heteroatoms. The number of carbonyl (C=O) groups is 1. The zero-order valence-electron chi connectivity index (χ0n) is 18.7. The van der Waals surface area contributed by atoms with Crippen molar-refractivity contribution in [2.75, 3.05) is 18.1 Å². The molecule has 2 aromatic carbocycles. The second kappa shape index (κ2) is 9.96. The van der Waals surface area contributed by atoms with E-state index in [-0.39, 0.29) is 5.91 Å². The number of anilines is 1. The van der Waals surface area contributed by atoms with E-state index in [0.29, 0.717) is 37.7 Å². The number of hydrogen-bond donors (Lipinski definition) is 0. The summed E-state index contributed by atoms with van der Waals surface area (Å²) in [5.41, 5.74) is 4.02. The molecule has 32 heavy (non-hydrogen) atoms. The third kappa shape index (κ3) is 4.99. The number of ether oxygens (including phenoxy) is 1. The summed E-state index contributed by atoms with van der Waals surface area (Å²) in [5.74, 6) is 0.815. The molecule has 0 atom stereocenters. The van der Waals surface area contributed by atoms with Gasteiger partial charge in [0.1, 0.15) is 11.3 Å². The van der Waals surface area contributed by atoms with Crippen molar-refractivity contribution < 1.29 is 9.53 Å². The normalized spacial score (nSPS) is 11.1. The zero-order valence-corrected chi connectivity index (χ0v) is 19.6. The van der Waals surface area contributed by atoms with Crippen LogP contribution in [0, 0.1) is 13.8 Å². The van der Waals surface area contributed by atoms with Gasteiger partial charge >= 0.3 is 0 Å². The van der Waals surface area contributed by atoms with Crippen LogP contribution in [0.1, 0.15) is 30.3 Å². The van der Waals surface area contributed by atoms with E-state index in [9.17, 15) is 4.79 Å². The maximum absolute atomic E-state index is 13.3. The monoisotopic (exact) mass is 448 g/mol. The first-order valence-corrected chi connectivity index (χ1v) is 11.7. The van der Waals surface area contributed by atoms with E-state index in [1.165, 1.54) is 11.3 Å². The van der Waals surface area contributed by atoms with Crippen LogP contribution >= 0.6 is 11.3 Å². The smallest absolute Gasteiger partial charge is 0.229 e. The van der Waals surface area contributed by atoms with E-state index < -0.39 is 0 Å². The van der Waals surface area contributed by atoms with Crippen LogP contribution < -0.4 is 9.64 Å². The Kier molecular flexibility index (Phi) is 6.85. The Hall–Kier alpha value is -3.19. The number of thiazole rings is 1. The predicted molar refractivity (Wildman–Crippen MR) is 130 cm³/mol. The van der Waals surface area contributed by atoms with Crippen LogP contribution in [-0.2, 0) is 17.8 Å². The highest BCUT2D eigenvalue weighted by molar-refractivity contribution is 7.22. The van der Waals surface area contributed by atoms with Gasteiger partial charge in [-0.1, -0.05) is 47.7 Å². The van der Waals surface area contributed by atoms with Crippen molar-refractivity contribution in [3.63, 3.8) is 0 Å². The number of benzene rings is 2. The Balaban J connectivity index is 1.60. The third-order valence-electron chi connectivity index (χ3n) is 5.31. The second-order valence-electron chi connectivity index (χ2n) is 7.71. The summed E-state index contributed by atoms with van der Waals surface area (Å²) < 4.78 is 8.71. The number of aryl methyl sites for hydroxylation is 3. The molecule has 0 saturated carbocycles. The standard InChI is InChI=1S/C25H28N4O2S/c1-4-31-21-11-8-12-22-24(21)26-25(32-22)28(15-16-29-19(3)17-18(2)27-29)23(30)14-13-20-9-6-5-7-10-20/h5-12,17H,4,13-16H2,1-3H3. The van der Waals surface area contributed by atoms with Crippen molar-refractivity contribution in [2.45, 2.75) is 40.2 Å². The van der Waals surface area contributed by atoms with E-state index in [4.69, 9.17) is 9.72 Å². The largest absolute Gasteiger partial charge is 0.492 e. The SMILES string of the molecule is CCOc1cccc2sc(N(CCn3nc(C)cc3C)C(=O)CCc3ccccc3)nc12. The van der Waals surface area contributed by atoms with Crippen molar-refractivity contribution in [1.29, 1.82) is 0 Å². The lowest BCUT2D eigenvalue weighted by Gasteiger charge is -2.20. The summed E-state index contributed by atoms with van der Waals surface area (Å²) in [6.45, 7) is 7.68. The number of rotatable bonds is 9. The van der Waals surface area contributed by atoms with E-state index >= 15 is 0 Å². The Morgan fingerprint density at radius 1 is 1.12 bits per heavy atom. The number of nitrogens with zero attached hydrogens (tertiary/aromatic N) is 4. The highest BCUT2D eigenvalue weighted by Crippen LogP contribution is 2.34. The minimum atomic E-state index is 0.0624. The number of carbonyl (C=O) groups excluding carboxylic acids is 1. The van der Waals surface area contributed by atoms with Gasteiger partial charge in [-0.2, -0.15) is 5.10 Å². The van der Waals surface area contributed by atoms with Crippen LogP contribution in [0.2, 0.25) is 0 Å². The Bertz CT molecular complexity index is 1200. The molecule has 0 bridgehead atoms. The number of hydrogen-bond acceptors (Lipinski definition) is 5. The number of fused-ring (bicyclic) bond motifs is 1. The molecule has 2 aromatic heterocycles. The van der Waals surface area contributed by atoms with Gasteiger partial charge in [0, 0.05) is 18.7 Å². The number of amides is 1. The molecule has 0 unspecified atom stereocenters. The molecule has 1 amide bonds. The summed E-state index contributed by atoms with van der Waals surface area (Å²) in [6, 6.07) is 18.1. The lowest BCUT2D eigenvalue weighted by atomic mass is 10.1. The molecular formula is C25H28N4O2S. The van der Waals surface area contributed by atoms with Crippen LogP contribution in [0.25, 0.3) is 10.2 Å². The topological polar surface area (TPSA) is 60.2 Å². The van der Waals surface area contributed by atoms with E-state index in [1.54, 1.807) is 4.90 Å². The van der Waals surface area contributed by atoms with Crippen LogP contribution in [0.5, 0.6) is 5.75 Å². The summed E-state index contributed by atoms with van der Waals surface area (Å²) in [7, 11) is 0. The Morgan fingerprint density at radius 3 is 2.66 bits per heavy atom. The zero-order chi connectivity index (χ0) is 22.5. The summed E-state index contributed by atoms with van der Waals surface area (Å²) >= 11 is 1.52. The predicted octanol–water partition coefficient (Wildman–Crippen LogP) is 5.17. The second-order valence-corrected chi connectivity index (χ2v) is 8.72. The number of aromatic nitrogens is 3. The maximum Gasteiger partial charge on any atom is 0.229 e. The molecule has 4 aromatic rings. The van der Waals surface area contributed by atoms with Gasteiger partial charge in [-0.3, -0.25) is 14.4 Å². The fraction of sp³-hybridized carbons (Fsp3) is 0.320. The lowest BCUT2D eigenvalue weighted by Crippen LogP contribution is -2.34. The molecular weight excluding hydrogens is 420 g/mol. The fourth-order valence-corrected chi connectivity index (χ4v) is 4.78. The van der Waals surface area contributed by atoms with Gasteiger partial charge in [-0.15, -0.1) is 0 Å². The van der Waals surface area contributed by atoms with Crippen molar-refractivity contribution in [3.05, 3.63) is 71.5 Å². The maximum atomic E-state index is 13.3. The highest BCUT2D eigenvalue weighted by atomic mass is 32.1. The minimum Gasteiger partial charge on any atom is -0.492 e. The molecule has 0 saturated heterocycles. The van der Waals surface area contributed by atoms with E-state index in [0.717, 1.165) is 32.9 Å². The summed E-state index contributed by atoms with van der Waals surface area (Å²) in [5, 5.41) is 5.25. The minimum absolute atomic E-state index is 0.0624. The van der Waals surface area contributed by atoms with Crippen LogP contribution in [0.4, 0.5) is 5.13 Å². The lowest BCUT2D eigenvalue weighted by molar-refractivity contribution is -0.118. The van der Waals surface area contributed by atoms with Crippen molar-refractivity contribution in [3.8, 4) is 5.75 Å². The summed E-state index contributed by atoms with van der Waals surface area (Å²) in [6.07, 6.45) is 1.13. The van der Waals surface area contributed by atoms with E-state index in [1.807, 2.05) is 67.9 Å². The molecule has 0 aliphatic carbocycles. The number of para-hydroxylation sites is 1. The van der Waals surface area contributed by atoms with Crippen LogP contribution in [-0.4, -0.2) is 33.8 Å². The van der Waals surface area contributed by atoms with Crippen molar-refractivity contribution in [1.82, 2.24) is 14.8 Å². The van der Waals surface area contributed by atoms with Crippen LogP contribution in [0.15, 0.2) is 54.6 Å². The molecule has 0 N–H and O–H groups in total. The van der Waals surface area contributed by atoms with Gasteiger partial charge in [0.15, 0.2) is 5.13 Å². The van der Waals surface area contributed by atoms with Gasteiger partial charge < -0.3 is 4.74 Å². The Labute approximate surface area is 192 Å². The fourth-order valence-electron chi connectivity index (χ4n) is 3.75. The molecule has 4 rings (SSSR count). The first kappa shape index (κ1) is 22.0. The molecule has 166 valence electrons. The van der Waals surface area contributed by atoms with Gasteiger partial charge in [-0.25, -0.2) is 4.98 Å². The molecule has 0 fully saturated rings. The van der Waals surface area contributed by atoms with Crippen molar-refractivity contribution in [2.24, 2.45) is 0 Å². The molecule has 0 spiro atoms. The van der Waals surface area contributed by atoms with Gasteiger partial charge in [-0.05, 0) is 51.0 Å².